The molecule has 3 heterocycles. The summed E-state index contributed by atoms with van der Waals surface area (Å²) in [5.41, 5.74) is 0. The van der Waals surface area contributed by atoms with E-state index in [-0.39, 0.29) is 15.6 Å². The molecule has 9 heteroatoms. The van der Waals surface area contributed by atoms with Gasteiger partial charge in [-0.1, -0.05) is 0 Å². The van der Waals surface area contributed by atoms with Crippen molar-refractivity contribution in [3.63, 3.8) is 0 Å². The molecule has 2 aromatic rings. The van der Waals surface area contributed by atoms with Crippen molar-refractivity contribution in [2.75, 3.05) is 19.7 Å². The van der Waals surface area contributed by atoms with E-state index in [0.717, 1.165) is 29.1 Å². The maximum atomic E-state index is 12.6. The van der Waals surface area contributed by atoms with Crippen LogP contribution < -0.4 is 0 Å². The Morgan fingerprint density at radius 1 is 1.20 bits per heavy atom. The fourth-order valence-corrected chi connectivity index (χ4v) is 6.16. The van der Waals surface area contributed by atoms with Crippen molar-refractivity contribution in [3.05, 3.63) is 38.2 Å². The third-order valence-electron chi connectivity index (χ3n) is 3.85. The summed E-state index contributed by atoms with van der Waals surface area (Å²) in [6.45, 7) is 2.40. The van der Waals surface area contributed by atoms with Crippen LogP contribution in [0.15, 0.2) is 28.5 Å². The molecule has 0 atom stereocenters. The van der Waals surface area contributed by atoms with E-state index in [0.29, 0.717) is 18.0 Å². The molecule has 0 saturated carbocycles. The van der Waals surface area contributed by atoms with Gasteiger partial charge in [-0.05, 0) is 43.3 Å². The smallest absolute Gasteiger partial charge is 0.350 e. The SMILES string of the molecule is Cc1ccc(C(=O)COC(=O)c2sccc2S(=O)(=O)N2CCCC2)s1. The summed E-state index contributed by atoms with van der Waals surface area (Å²) in [5.74, 6) is -1.08. The predicted octanol–water partition coefficient (Wildman–Crippen LogP) is 2.94. The molecule has 1 fully saturated rings. The first kappa shape index (κ1) is 18.2. The lowest BCUT2D eigenvalue weighted by molar-refractivity contribution is 0.0477. The van der Waals surface area contributed by atoms with Gasteiger partial charge in [0.25, 0.3) is 0 Å². The maximum absolute atomic E-state index is 12.6. The highest BCUT2D eigenvalue weighted by molar-refractivity contribution is 7.89. The van der Waals surface area contributed by atoms with E-state index >= 15 is 0 Å². The van der Waals surface area contributed by atoms with Crippen LogP contribution in [0.1, 0.15) is 37.1 Å². The average Bonchev–Trinajstić information content (AvgIpc) is 3.31. The molecule has 0 N–H and O–H groups in total. The second-order valence-corrected chi connectivity index (χ2v) is 9.75. The predicted molar refractivity (Wildman–Crippen MR) is 96.0 cm³/mol. The van der Waals surface area contributed by atoms with E-state index in [1.165, 1.54) is 21.7 Å². The summed E-state index contributed by atoms with van der Waals surface area (Å²) in [7, 11) is -3.70. The van der Waals surface area contributed by atoms with Gasteiger partial charge in [-0.2, -0.15) is 4.31 Å². The number of ether oxygens (including phenoxy) is 1. The summed E-state index contributed by atoms with van der Waals surface area (Å²) >= 11 is 2.33. The van der Waals surface area contributed by atoms with Gasteiger partial charge in [-0.15, -0.1) is 22.7 Å². The minimum Gasteiger partial charge on any atom is -0.453 e. The van der Waals surface area contributed by atoms with Crippen molar-refractivity contribution >= 4 is 44.4 Å². The van der Waals surface area contributed by atoms with Gasteiger partial charge in [-0.25, -0.2) is 13.2 Å². The Morgan fingerprint density at radius 3 is 2.56 bits per heavy atom. The van der Waals surface area contributed by atoms with E-state index in [1.807, 2.05) is 13.0 Å². The van der Waals surface area contributed by atoms with Crippen molar-refractivity contribution in [1.29, 1.82) is 0 Å². The van der Waals surface area contributed by atoms with Gasteiger partial charge in [0.15, 0.2) is 6.61 Å². The van der Waals surface area contributed by atoms with Gasteiger partial charge in [-0.3, -0.25) is 4.79 Å². The molecule has 2 aromatic heterocycles. The van der Waals surface area contributed by atoms with E-state index in [1.54, 1.807) is 11.4 Å². The Hall–Kier alpha value is -1.55. The van der Waals surface area contributed by atoms with Gasteiger partial charge < -0.3 is 4.74 Å². The molecule has 3 rings (SSSR count). The number of carbonyl (C=O) groups is 2. The third-order valence-corrected chi connectivity index (χ3v) is 7.85. The quantitative estimate of drug-likeness (QED) is 0.551. The lowest BCUT2D eigenvalue weighted by atomic mass is 10.3. The number of Topliss-reactive ketones (excluding diaryl/α,β-unsaturated/α-hetero) is 1. The zero-order chi connectivity index (χ0) is 18.0. The van der Waals surface area contributed by atoms with Crippen molar-refractivity contribution in [2.24, 2.45) is 0 Å². The number of ketones is 1. The standard InChI is InChI=1S/C16H17NO5S3/c1-11-4-5-13(24-11)12(18)10-22-16(19)15-14(6-9-23-15)25(20,21)17-7-2-3-8-17/h4-6,9H,2-3,7-8,10H2,1H3. The van der Waals surface area contributed by atoms with Crippen molar-refractivity contribution in [3.8, 4) is 0 Å². The van der Waals surface area contributed by atoms with Crippen LogP contribution >= 0.6 is 22.7 Å². The second-order valence-electron chi connectivity index (χ2n) is 5.63. The molecule has 6 nitrogen and oxygen atoms in total. The van der Waals surface area contributed by atoms with Crippen LogP contribution in [0.4, 0.5) is 0 Å². The molecule has 0 spiro atoms. The number of nitrogens with zero attached hydrogens (tertiary/aromatic N) is 1. The molecule has 134 valence electrons. The fourth-order valence-electron chi connectivity index (χ4n) is 2.57. The van der Waals surface area contributed by atoms with Crippen LogP contribution in [-0.2, 0) is 14.8 Å². The number of rotatable bonds is 6. The van der Waals surface area contributed by atoms with Crippen LogP contribution in [0.3, 0.4) is 0 Å². The first-order valence-electron chi connectivity index (χ1n) is 7.74. The minimum absolute atomic E-state index is 0.0158. The Balaban J connectivity index is 1.71. The molecule has 25 heavy (non-hydrogen) atoms. The average molecular weight is 400 g/mol. The van der Waals surface area contributed by atoms with E-state index in [4.69, 9.17) is 4.74 Å². The fraction of sp³-hybridized carbons (Fsp3) is 0.375. The normalized spacial score (nSPS) is 15.4. The molecule has 0 unspecified atom stereocenters. The Bertz CT molecular complexity index is 891. The first-order valence-corrected chi connectivity index (χ1v) is 10.9. The van der Waals surface area contributed by atoms with E-state index in [9.17, 15) is 18.0 Å². The first-order chi connectivity index (χ1) is 11.9. The lowest BCUT2D eigenvalue weighted by Crippen LogP contribution is -2.28. The van der Waals surface area contributed by atoms with Crippen molar-refractivity contribution in [2.45, 2.75) is 24.7 Å². The van der Waals surface area contributed by atoms with Crippen LogP contribution in [0.2, 0.25) is 0 Å². The van der Waals surface area contributed by atoms with Crippen LogP contribution in [0.25, 0.3) is 0 Å². The Labute approximate surface area is 154 Å². The molecular weight excluding hydrogens is 382 g/mol. The highest BCUT2D eigenvalue weighted by Crippen LogP contribution is 2.28. The van der Waals surface area contributed by atoms with Crippen molar-refractivity contribution < 1.29 is 22.7 Å². The van der Waals surface area contributed by atoms with Crippen LogP contribution in [0, 0.1) is 6.92 Å². The molecule has 0 aliphatic carbocycles. The molecule has 0 bridgehead atoms. The van der Waals surface area contributed by atoms with Gasteiger partial charge in [0.2, 0.25) is 15.8 Å². The van der Waals surface area contributed by atoms with Crippen molar-refractivity contribution in [1.82, 2.24) is 4.31 Å². The van der Waals surface area contributed by atoms with E-state index < -0.39 is 22.6 Å². The van der Waals surface area contributed by atoms with Gasteiger partial charge >= 0.3 is 5.97 Å². The van der Waals surface area contributed by atoms with Gasteiger partial charge in [0, 0.05) is 18.0 Å². The second kappa shape index (κ2) is 7.36. The zero-order valence-corrected chi connectivity index (χ0v) is 16.0. The summed E-state index contributed by atoms with van der Waals surface area (Å²) in [6.07, 6.45) is 1.63. The Kier molecular flexibility index (Phi) is 5.38. The van der Waals surface area contributed by atoms with Crippen LogP contribution in [-0.4, -0.2) is 44.2 Å². The molecule has 0 aromatic carbocycles. The molecule has 1 saturated heterocycles. The molecule has 1 aliphatic rings. The number of hydrogen-bond donors (Lipinski definition) is 0. The zero-order valence-electron chi connectivity index (χ0n) is 13.6. The summed E-state index contributed by atoms with van der Waals surface area (Å²) in [4.78, 5) is 25.8. The highest BCUT2D eigenvalue weighted by Gasteiger charge is 2.32. The monoisotopic (exact) mass is 399 g/mol. The number of thiophene rings is 2. The lowest BCUT2D eigenvalue weighted by Gasteiger charge is -2.15. The summed E-state index contributed by atoms with van der Waals surface area (Å²) in [6, 6.07) is 4.92. The molecule has 0 radical (unpaired) electrons. The summed E-state index contributed by atoms with van der Waals surface area (Å²) < 4.78 is 31.7. The number of carbonyl (C=O) groups excluding carboxylic acids is 2. The molecular formula is C16H17NO5S3. The molecule has 1 aliphatic heterocycles. The number of aryl methyl sites for hydroxylation is 1. The topological polar surface area (TPSA) is 80.8 Å². The maximum Gasteiger partial charge on any atom is 0.350 e. The van der Waals surface area contributed by atoms with Gasteiger partial charge in [0.05, 0.1) is 4.88 Å². The molecule has 0 amide bonds. The largest absolute Gasteiger partial charge is 0.453 e. The van der Waals surface area contributed by atoms with Crippen LogP contribution in [0.5, 0.6) is 0 Å². The van der Waals surface area contributed by atoms with Gasteiger partial charge in [0.1, 0.15) is 9.77 Å². The number of sulfonamides is 1. The number of hydrogen-bond acceptors (Lipinski definition) is 7. The Morgan fingerprint density at radius 2 is 1.92 bits per heavy atom. The minimum atomic E-state index is -3.70. The number of esters is 1. The summed E-state index contributed by atoms with van der Waals surface area (Å²) in [5, 5.41) is 1.55. The van der Waals surface area contributed by atoms with E-state index in [2.05, 4.69) is 0 Å². The third kappa shape index (κ3) is 3.84. The highest BCUT2D eigenvalue weighted by atomic mass is 32.2.